The minimum absolute atomic E-state index is 0.639. The van der Waals surface area contributed by atoms with Crippen LogP contribution in [0.3, 0.4) is 0 Å². The maximum absolute atomic E-state index is 4.80. The van der Waals surface area contributed by atoms with Crippen LogP contribution in [0, 0.1) is 0 Å². The standard InChI is InChI=1S/C19H27N7/c1-4-20-19(24(2)14-18-22-15-23-25(18)3)21-13-16-8-7-9-17(12-16)26-10-5-6-11-26/h5-9,12,15H,4,10-11,13-14H2,1-3H3,(H,20,21). The van der Waals surface area contributed by atoms with Gasteiger partial charge in [-0.2, -0.15) is 5.10 Å². The smallest absolute Gasteiger partial charge is 0.194 e. The Kier molecular flexibility index (Phi) is 5.88. The molecule has 7 heteroatoms. The van der Waals surface area contributed by atoms with Gasteiger partial charge in [-0.05, 0) is 24.6 Å². The lowest BCUT2D eigenvalue weighted by molar-refractivity contribution is 0.448. The molecule has 138 valence electrons. The van der Waals surface area contributed by atoms with E-state index in [1.165, 1.54) is 11.3 Å². The summed E-state index contributed by atoms with van der Waals surface area (Å²) in [6.45, 7) is 6.15. The average Bonchev–Trinajstić information content (AvgIpc) is 3.31. The summed E-state index contributed by atoms with van der Waals surface area (Å²) in [4.78, 5) is 13.5. The van der Waals surface area contributed by atoms with E-state index in [0.29, 0.717) is 13.1 Å². The van der Waals surface area contributed by atoms with Crippen molar-refractivity contribution in [2.24, 2.45) is 12.0 Å². The maximum atomic E-state index is 4.80. The molecule has 7 nitrogen and oxygen atoms in total. The molecular weight excluding hydrogens is 326 g/mol. The zero-order chi connectivity index (χ0) is 18.4. The largest absolute Gasteiger partial charge is 0.364 e. The topological polar surface area (TPSA) is 61.6 Å². The highest BCUT2D eigenvalue weighted by Crippen LogP contribution is 2.19. The molecule has 1 aliphatic heterocycles. The summed E-state index contributed by atoms with van der Waals surface area (Å²) >= 11 is 0. The molecule has 26 heavy (non-hydrogen) atoms. The Hall–Kier alpha value is -2.83. The minimum atomic E-state index is 0.639. The van der Waals surface area contributed by atoms with E-state index in [1.54, 1.807) is 11.0 Å². The van der Waals surface area contributed by atoms with Crippen LogP contribution in [0.2, 0.25) is 0 Å². The monoisotopic (exact) mass is 353 g/mol. The molecule has 2 heterocycles. The third-order valence-corrected chi connectivity index (χ3v) is 4.39. The number of guanidine groups is 1. The second-order valence-corrected chi connectivity index (χ2v) is 6.37. The first-order valence-electron chi connectivity index (χ1n) is 8.98. The quantitative estimate of drug-likeness (QED) is 0.487. The van der Waals surface area contributed by atoms with Crippen LogP contribution < -0.4 is 10.2 Å². The number of nitrogens with one attached hydrogen (secondary N) is 1. The molecule has 0 saturated carbocycles. The summed E-state index contributed by atoms with van der Waals surface area (Å²) in [5, 5.41) is 7.48. The van der Waals surface area contributed by atoms with Crippen LogP contribution in [0.1, 0.15) is 18.3 Å². The Labute approximate surface area is 155 Å². The van der Waals surface area contributed by atoms with Gasteiger partial charge in [0.2, 0.25) is 0 Å². The second-order valence-electron chi connectivity index (χ2n) is 6.37. The lowest BCUT2D eigenvalue weighted by atomic mass is 10.2. The molecule has 1 aromatic carbocycles. The van der Waals surface area contributed by atoms with Crippen molar-refractivity contribution >= 4 is 11.6 Å². The minimum Gasteiger partial charge on any atom is -0.364 e. The molecule has 3 rings (SSSR count). The number of anilines is 1. The highest BCUT2D eigenvalue weighted by atomic mass is 15.4. The Morgan fingerprint density at radius 1 is 1.31 bits per heavy atom. The zero-order valence-corrected chi connectivity index (χ0v) is 15.8. The van der Waals surface area contributed by atoms with E-state index in [9.17, 15) is 0 Å². The molecule has 1 aromatic heterocycles. The van der Waals surface area contributed by atoms with Gasteiger partial charge in [0.25, 0.3) is 0 Å². The predicted molar refractivity (Wildman–Crippen MR) is 105 cm³/mol. The Balaban J connectivity index is 1.68. The fourth-order valence-corrected chi connectivity index (χ4v) is 2.93. The molecule has 0 spiro atoms. The molecule has 2 aromatic rings. The van der Waals surface area contributed by atoms with Crippen LogP contribution in [0.15, 0.2) is 47.7 Å². The Morgan fingerprint density at radius 3 is 2.81 bits per heavy atom. The van der Waals surface area contributed by atoms with Crippen LogP contribution >= 0.6 is 0 Å². The second kappa shape index (κ2) is 8.51. The highest BCUT2D eigenvalue weighted by molar-refractivity contribution is 5.79. The van der Waals surface area contributed by atoms with Gasteiger partial charge in [-0.15, -0.1) is 0 Å². The van der Waals surface area contributed by atoms with Crippen LogP contribution in [-0.2, 0) is 20.1 Å². The number of benzene rings is 1. The van der Waals surface area contributed by atoms with Gasteiger partial charge in [0, 0.05) is 39.4 Å². The van der Waals surface area contributed by atoms with Crippen molar-refractivity contribution in [3.63, 3.8) is 0 Å². The van der Waals surface area contributed by atoms with Crippen LogP contribution in [-0.4, -0.2) is 52.3 Å². The molecule has 0 fully saturated rings. The van der Waals surface area contributed by atoms with E-state index < -0.39 is 0 Å². The van der Waals surface area contributed by atoms with Gasteiger partial charge < -0.3 is 15.1 Å². The van der Waals surface area contributed by atoms with Gasteiger partial charge in [-0.3, -0.25) is 4.68 Å². The lowest BCUT2D eigenvalue weighted by Crippen LogP contribution is -2.39. The molecule has 0 aliphatic carbocycles. The van der Waals surface area contributed by atoms with Gasteiger partial charge >= 0.3 is 0 Å². The van der Waals surface area contributed by atoms with Crippen molar-refractivity contribution in [3.8, 4) is 0 Å². The maximum Gasteiger partial charge on any atom is 0.194 e. The van der Waals surface area contributed by atoms with Crippen LogP contribution in [0.4, 0.5) is 5.69 Å². The molecule has 0 unspecified atom stereocenters. The Bertz CT molecular complexity index is 770. The van der Waals surface area contributed by atoms with Crippen LogP contribution in [0.25, 0.3) is 0 Å². The number of aryl methyl sites for hydroxylation is 1. The van der Waals surface area contributed by atoms with E-state index in [0.717, 1.165) is 31.4 Å². The first kappa shape index (κ1) is 18.0. The number of rotatable bonds is 6. The summed E-state index contributed by atoms with van der Waals surface area (Å²) in [6, 6.07) is 8.62. The summed E-state index contributed by atoms with van der Waals surface area (Å²) in [5.41, 5.74) is 2.46. The third-order valence-electron chi connectivity index (χ3n) is 4.39. The summed E-state index contributed by atoms with van der Waals surface area (Å²) in [7, 11) is 3.92. The number of aromatic nitrogens is 3. The van der Waals surface area contributed by atoms with Gasteiger partial charge in [0.15, 0.2) is 5.96 Å². The molecule has 0 amide bonds. The van der Waals surface area contributed by atoms with Crippen molar-refractivity contribution < 1.29 is 0 Å². The molecule has 1 aliphatic rings. The molecule has 1 N–H and O–H groups in total. The Morgan fingerprint density at radius 2 is 2.12 bits per heavy atom. The molecule has 0 bridgehead atoms. The fraction of sp³-hybridized carbons (Fsp3) is 0.421. The highest BCUT2D eigenvalue weighted by Gasteiger charge is 2.11. The van der Waals surface area contributed by atoms with Crippen molar-refractivity contribution in [1.82, 2.24) is 25.0 Å². The summed E-state index contributed by atoms with van der Waals surface area (Å²) < 4.78 is 1.79. The average molecular weight is 353 g/mol. The number of aliphatic imine (C=N–C) groups is 1. The normalized spacial score (nSPS) is 14.1. The van der Waals surface area contributed by atoms with E-state index >= 15 is 0 Å². The molecular formula is C19H27N7. The van der Waals surface area contributed by atoms with Gasteiger partial charge in [-0.25, -0.2) is 9.98 Å². The predicted octanol–water partition coefficient (Wildman–Crippen LogP) is 1.79. The first-order valence-corrected chi connectivity index (χ1v) is 8.98. The number of hydrogen-bond donors (Lipinski definition) is 1. The van der Waals surface area contributed by atoms with Crippen molar-refractivity contribution in [2.75, 3.05) is 31.6 Å². The van der Waals surface area contributed by atoms with E-state index in [1.807, 2.05) is 14.1 Å². The van der Waals surface area contributed by atoms with Crippen LogP contribution in [0.5, 0.6) is 0 Å². The van der Waals surface area contributed by atoms with Crippen molar-refractivity contribution in [3.05, 3.63) is 54.1 Å². The fourth-order valence-electron chi connectivity index (χ4n) is 2.93. The van der Waals surface area contributed by atoms with Crippen molar-refractivity contribution in [2.45, 2.75) is 20.0 Å². The van der Waals surface area contributed by atoms with Crippen molar-refractivity contribution in [1.29, 1.82) is 0 Å². The number of hydrogen-bond acceptors (Lipinski definition) is 4. The van der Waals surface area contributed by atoms with E-state index in [2.05, 4.69) is 68.5 Å². The van der Waals surface area contributed by atoms with Gasteiger partial charge in [0.05, 0.1) is 13.1 Å². The zero-order valence-electron chi connectivity index (χ0n) is 15.8. The molecule has 0 saturated heterocycles. The third kappa shape index (κ3) is 4.41. The lowest BCUT2D eigenvalue weighted by Gasteiger charge is -2.22. The molecule has 0 atom stereocenters. The van der Waals surface area contributed by atoms with Gasteiger partial charge in [-0.1, -0.05) is 24.3 Å². The molecule has 0 radical (unpaired) electrons. The van der Waals surface area contributed by atoms with E-state index in [4.69, 9.17) is 4.99 Å². The number of nitrogens with zero attached hydrogens (tertiary/aromatic N) is 6. The summed E-state index contributed by atoms with van der Waals surface area (Å²) in [6.07, 6.45) is 5.98. The SMILES string of the molecule is CCNC(=NCc1cccc(N2CC=CC2)c1)N(C)Cc1ncnn1C. The summed E-state index contributed by atoms with van der Waals surface area (Å²) in [5.74, 6) is 1.77. The van der Waals surface area contributed by atoms with Gasteiger partial charge in [0.1, 0.15) is 12.2 Å². The first-order chi connectivity index (χ1) is 12.7. The van der Waals surface area contributed by atoms with E-state index in [-0.39, 0.29) is 0 Å².